The molecule has 0 amide bonds. The lowest BCUT2D eigenvalue weighted by molar-refractivity contribution is 0.391. The van der Waals surface area contributed by atoms with Crippen LogP contribution in [0, 0.1) is 13.8 Å². The Hall–Kier alpha value is -1.92. The van der Waals surface area contributed by atoms with Crippen LogP contribution in [0.3, 0.4) is 0 Å². The van der Waals surface area contributed by atoms with Crippen molar-refractivity contribution in [2.45, 2.75) is 20.4 Å². The molecular weight excluding hydrogens is 186 g/mol. The van der Waals surface area contributed by atoms with Gasteiger partial charge in [-0.05, 0) is 24.3 Å². The molecule has 7 heteroatoms. The van der Waals surface area contributed by atoms with Crippen LogP contribution in [0.15, 0.2) is 9.32 Å². The Balaban J connectivity index is 2.36. The Morgan fingerprint density at radius 3 is 2.79 bits per heavy atom. The van der Waals surface area contributed by atoms with E-state index in [2.05, 4.69) is 20.7 Å². The maximum Gasteiger partial charge on any atom is 0.361 e. The summed E-state index contributed by atoms with van der Waals surface area (Å²) in [4.78, 5) is 11.1. The second-order valence-corrected chi connectivity index (χ2v) is 2.97. The minimum absolute atomic E-state index is 0.330. The van der Waals surface area contributed by atoms with Crippen molar-refractivity contribution in [1.29, 1.82) is 0 Å². The van der Waals surface area contributed by atoms with Crippen LogP contribution in [0.4, 0.5) is 0 Å². The van der Waals surface area contributed by atoms with Gasteiger partial charge >= 0.3 is 5.69 Å². The fourth-order valence-electron chi connectivity index (χ4n) is 1.20. The van der Waals surface area contributed by atoms with E-state index in [1.807, 2.05) is 6.92 Å². The molecule has 2 heterocycles. The molecule has 7 nitrogen and oxygen atoms in total. The lowest BCUT2D eigenvalue weighted by atomic mass is 10.2. The van der Waals surface area contributed by atoms with Gasteiger partial charge in [-0.2, -0.15) is 4.68 Å². The average Bonchev–Trinajstić information content (AvgIpc) is 2.67. The van der Waals surface area contributed by atoms with E-state index in [9.17, 15) is 4.79 Å². The van der Waals surface area contributed by atoms with Gasteiger partial charge in [0.15, 0.2) is 0 Å². The zero-order chi connectivity index (χ0) is 10.1. The van der Waals surface area contributed by atoms with Gasteiger partial charge in [-0.15, -0.1) is 0 Å². The van der Waals surface area contributed by atoms with Gasteiger partial charge in [-0.25, -0.2) is 9.89 Å². The summed E-state index contributed by atoms with van der Waals surface area (Å²) in [6, 6.07) is 0. The summed E-state index contributed by atoms with van der Waals surface area (Å²) < 4.78 is 6.17. The molecule has 0 saturated heterocycles. The van der Waals surface area contributed by atoms with Crippen molar-refractivity contribution in [1.82, 2.24) is 25.4 Å². The molecule has 0 atom stereocenters. The number of hydrogen-bond acceptors (Lipinski definition) is 5. The predicted octanol–water partition coefficient (Wildman–Crippen LogP) is -0.380. The molecule has 0 aliphatic rings. The average molecular weight is 195 g/mol. The third-order valence-corrected chi connectivity index (χ3v) is 2.02. The number of rotatable bonds is 2. The third kappa shape index (κ3) is 1.32. The van der Waals surface area contributed by atoms with Crippen LogP contribution in [0.25, 0.3) is 0 Å². The molecule has 2 rings (SSSR count). The fraction of sp³-hybridized carbons (Fsp3) is 0.429. The first-order valence-corrected chi connectivity index (χ1v) is 4.08. The molecule has 0 saturated carbocycles. The summed E-state index contributed by atoms with van der Waals surface area (Å²) in [5.74, 6) is 0.692. The topological polar surface area (TPSA) is 89.6 Å². The molecule has 14 heavy (non-hydrogen) atoms. The Morgan fingerprint density at radius 2 is 2.29 bits per heavy atom. The molecule has 0 aliphatic carbocycles. The van der Waals surface area contributed by atoms with E-state index in [4.69, 9.17) is 4.52 Å². The number of nitrogens with one attached hydrogen (secondary N) is 1. The van der Waals surface area contributed by atoms with E-state index in [1.165, 1.54) is 4.68 Å². The van der Waals surface area contributed by atoms with Gasteiger partial charge in [0.2, 0.25) is 0 Å². The van der Waals surface area contributed by atoms with Crippen LogP contribution in [0.2, 0.25) is 0 Å². The SMILES string of the molecule is Cc1noc(C)c1Cn1nn[nH]c1=O. The predicted molar refractivity (Wildman–Crippen MR) is 45.7 cm³/mol. The highest BCUT2D eigenvalue weighted by atomic mass is 16.5. The van der Waals surface area contributed by atoms with Crippen molar-refractivity contribution in [3.8, 4) is 0 Å². The molecule has 0 radical (unpaired) electrons. The first kappa shape index (κ1) is 8.67. The number of nitrogens with zero attached hydrogens (tertiary/aromatic N) is 4. The van der Waals surface area contributed by atoms with Crippen LogP contribution in [0.5, 0.6) is 0 Å². The lowest BCUT2D eigenvalue weighted by Crippen LogP contribution is -2.19. The van der Waals surface area contributed by atoms with Crippen LogP contribution in [-0.2, 0) is 6.54 Å². The largest absolute Gasteiger partial charge is 0.361 e. The Bertz CT molecular complexity index is 475. The van der Waals surface area contributed by atoms with Gasteiger partial charge in [0, 0.05) is 5.56 Å². The standard InChI is InChI=1S/C7H9N5O2/c1-4-6(5(2)14-9-4)3-12-7(13)8-10-11-12/h3H2,1-2H3,(H,8,11,13). The molecule has 0 aliphatic heterocycles. The molecule has 0 unspecified atom stereocenters. The molecule has 74 valence electrons. The van der Waals surface area contributed by atoms with Gasteiger partial charge < -0.3 is 4.52 Å². The molecule has 0 aromatic carbocycles. The van der Waals surface area contributed by atoms with Gasteiger partial charge in [0.05, 0.1) is 12.2 Å². The zero-order valence-electron chi connectivity index (χ0n) is 7.81. The molecule has 0 bridgehead atoms. The molecule has 2 aromatic rings. The van der Waals surface area contributed by atoms with Crippen LogP contribution >= 0.6 is 0 Å². The summed E-state index contributed by atoms with van der Waals surface area (Å²) in [5.41, 5.74) is 1.28. The normalized spacial score (nSPS) is 10.7. The highest BCUT2D eigenvalue weighted by Crippen LogP contribution is 2.11. The third-order valence-electron chi connectivity index (χ3n) is 2.02. The van der Waals surface area contributed by atoms with Crippen LogP contribution < -0.4 is 5.69 Å². The number of hydrogen-bond donors (Lipinski definition) is 1. The van der Waals surface area contributed by atoms with E-state index in [-0.39, 0.29) is 5.69 Å². The van der Waals surface area contributed by atoms with Crippen LogP contribution in [-0.4, -0.2) is 25.4 Å². The Labute approximate surface area is 78.7 Å². The van der Waals surface area contributed by atoms with Crippen molar-refractivity contribution in [3.63, 3.8) is 0 Å². The highest BCUT2D eigenvalue weighted by molar-refractivity contribution is 5.20. The van der Waals surface area contributed by atoms with Crippen molar-refractivity contribution in [3.05, 3.63) is 27.5 Å². The van der Waals surface area contributed by atoms with Gasteiger partial charge in [-0.1, -0.05) is 5.16 Å². The van der Waals surface area contributed by atoms with Crippen molar-refractivity contribution in [2.24, 2.45) is 0 Å². The number of aromatic amines is 1. The number of H-pyrrole nitrogens is 1. The second-order valence-electron chi connectivity index (χ2n) is 2.97. The lowest BCUT2D eigenvalue weighted by Gasteiger charge is -1.96. The first-order chi connectivity index (χ1) is 6.68. The highest BCUT2D eigenvalue weighted by Gasteiger charge is 2.11. The van der Waals surface area contributed by atoms with Gasteiger partial charge in [0.1, 0.15) is 5.76 Å². The second kappa shape index (κ2) is 3.09. The zero-order valence-corrected chi connectivity index (χ0v) is 7.81. The molecule has 1 N–H and O–H groups in total. The van der Waals surface area contributed by atoms with Gasteiger partial charge in [0.25, 0.3) is 0 Å². The van der Waals surface area contributed by atoms with Gasteiger partial charge in [-0.3, -0.25) is 0 Å². The maximum atomic E-state index is 11.1. The fourth-order valence-corrected chi connectivity index (χ4v) is 1.20. The number of aryl methyl sites for hydroxylation is 2. The number of tetrazole rings is 1. The van der Waals surface area contributed by atoms with E-state index in [1.54, 1.807) is 6.92 Å². The summed E-state index contributed by atoms with van der Waals surface area (Å²) in [6.07, 6.45) is 0. The van der Waals surface area contributed by atoms with E-state index < -0.39 is 0 Å². The van der Waals surface area contributed by atoms with Crippen molar-refractivity contribution < 1.29 is 4.52 Å². The van der Waals surface area contributed by atoms with Crippen molar-refractivity contribution >= 4 is 0 Å². The molecule has 0 spiro atoms. The van der Waals surface area contributed by atoms with Crippen LogP contribution in [0.1, 0.15) is 17.0 Å². The van der Waals surface area contributed by atoms with E-state index >= 15 is 0 Å². The monoisotopic (exact) mass is 195 g/mol. The van der Waals surface area contributed by atoms with Crippen molar-refractivity contribution in [2.75, 3.05) is 0 Å². The Kier molecular flexibility index (Phi) is 1.91. The van der Waals surface area contributed by atoms with E-state index in [0.29, 0.717) is 12.3 Å². The minimum atomic E-state index is -0.343. The molecular formula is C7H9N5O2. The summed E-state index contributed by atoms with van der Waals surface area (Å²) >= 11 is 0. The summed E-state index contributed by atoms with van der Waals surface area (Å²) in [5, 5.41) is 13.0. The van der Waals surface area contributed by atoms with E-state index in [0.717, 1.165) is 11.3 Å². The minimum Gasteiger partial charge on any atom is -0.361 e. The molecule has 2 aromatic heterocycles. The smallest absolute Gasteiger partial charge is 0.361 e. The number of aromatic nitrogens is 5. The summed E-state index contributed by atoms with van der Waals surface area (Å²) in [6.45, 7) is 3.94. The molecule has 0 fully saturated rings. The summed E-state index contributed by atoms with van der Waals surface area (Å²) in [7, 11) is 0. The quantitative estimate of drug-likeness (QED) is 0.705. The Morgan fingerprint density at radius 1 is 1.50 bits per heavy atom. The maximum absolute atomic E-state index is 11.1. The first-order valence-electron chi connectivity index (χ1n) is 4.08.